The van der Waals surface area contributed by atoms with Crippen molar-refractivity contribution in [1.82, 2.24) is 10.3 Å². The minimum absolute atomic E-state index is 0.000970. The molecule has 0 spiro atoms. The van der Waals surface area contributed by atoms with Gasteiger partial charge in [0.05, 0.1) is 10.5 Å². The van der Waals surface area contributed by atoms with Crippen LogP contribution in [0.25, 0.3) is 10.9 Å². The Labute approximate surface area is 137 Å². The number of hydrogen-bond donors (Lipinski definition) is 2. The summed E-state index contributed by atoms with van der Waals surface area (Å²) >= 11 is 9.60. The van der Waals surface area contributed by atoms with E-state index >= 15 is 0 Å². The third kappa shape index (κ3) is 4.32. The molecule has 0 saturated heterocycles. The van der Waals surface area contributed by atoms with Gasteiger partial charge in [0.15, 0.2) is 0 Å². The van der Waals surface area contributed by atoms with Crippen LogP contribution in [0.1, 0.15) is 13.8 Å². The number of amides is 1. The molecule has 0 bridgehead atoms. The molecular formula is C15H17BrClN3O. The van der Waals surface area contributed by atoms with Crippen LogP contribution in [0.5, 0.6) is 0 Å². The topological polar surface area (TPSA) is 54.0 Å². The third-order valence-electron chi connectivity index (χ3n) is 2.97. The van der Waals surface area contributed by atoms with Gasteiger partial charge in [-0.2, -0.15) is 0 Å². The van der Waals surface area contributed by atoms with Crippen molar-refractivity contribution < 1.29 is 4.79 Å². The monoisotopic (exact) mass is 369 g/mol. The van der Waals surface area contributed by atoms with Crippen LogP contribution in [0.15, 0.2) is 28.7 Å². The number of aromatic nitrogens is 1. The highest BCUT2D eigenvalue weighted by atomic mass is 79.9. The molecule has 1 heterocycles. The molecule has 0 fully saturated rings. The second-order valence-electron chi connectivity index (χ2n) is 5.03. The Morgan fingerprint density at radius 1 is 1.33 bits per heavy atom. The van der Waals surface area contributed by atoms with Crippen LogP contribution in [0, 0.1) is 5.92 Å². The molecule has 0 saturated carbocycles. The Hall–Kier alpha value is -1.33. The largest absolute Gasteiger partial charge is 0.368 e. The predicted molar refractivity (Wildman–Crippen MR) is 90.8 cm³/mol. The van der Waals surface area contributed by atoms with Crippen molar-refractivity contribution in [3.8, 4) is 0 Å². The lowest BCUT2D eigenvalue weighted by molar-refractivity contribution is -0.123. The molecule has 0 radical (unpaired) electrons. The van der Waals surface area contributed by atoms with Gasteiger partial charge in [-0.1, -0.05) is 41.4 Å². The summed E-state index contributed by atoms with van der Waals surface area (Å²) in [6, 6.07) is 7.66. The first kappa shape index (κ1) is 16.0. The quantitative estimate of drug-likeness (QED) is 0.786. The number of nitrogens with one attached hydrogen (secondary N) is 2. The Morgan fingerprint density at radius 2 is 2.10 bits per heavy atom. The molecule has 0 aliphatic heterocycles. The lowest BCUT2D eigenvalue weighted by atomic mass is 10.2. The summed E-state index contributed by atoms with van der Waals surface area (Å²) in [6.07, 6.45) is 0. The fourth-order valence-corrected chi connectivity index (χ4v) is 2.71. The summed E-state index contributed by atoms with van der Waals surface area (Å²) in [5.41, 5.74) is 0.760. The number of benzene rings is 1. The lowest BCUT2D eigenvalue weighted by Gasteiger charge is -2.10. The summed E-state index contributed by atoms with van der Waals surface area (Å²) < 4.78 is 0.930. The fourth-order valence-electron chi connectivity index (χ4n) is 1.84. The first-order chi connectivity index (χ1) is 9.97. The molecule has 6 heteroatoms. The Kier molecular flexibility index (Phi) is 5.42. The Bertz CT molecular complexity index is 661. The molecule has 2 rings (SSSR count). The van der Waals surface area contributed by atoms with Crippen molar-refractivity contribution in [2.45, 2.75) is 13.8 Å². The van der Waals surface area contributed by atoms with E-state index in [-0.39, 0.29) is 11.8 Å². The maximum atomic E-state index is 11.4. The summed E-state index contributed by atoms with van der Waals surface area (Å²) in [5.74, 6) is 0.794. The number of fused-ring (bicyclic) bond motifs is 1. The van der Waals surface area contributed by atoms with Crippen molar-refractivity contribution in [3.05, 3.63) is 33.8 Å². The zero-order valence-electron chi connectivity index (χ0n) is 11.9. The zero-order valence-corrected chi connectivity index (χ0v) is 14.3. The molecule has 0 aliphatic rings. The van der Waals surface area contributed by atoms with Gasteiger partial charge in [0.2, 0.25) is 5.91 Å². The van der Waals surface area contributed by atoms with Gasteiger partial charge in [-0.05, 0) is 24.3 Å². The van der Waals surface area contributed by atoms with Gasteiger partial charge < -0.3 is 10.6 Å². The van der Waals surface area contributed by atoms with Crippen LogP contribution >= 0.6 is 27.5 Å². The second kappa shape index (κ2) is 7.09. The number of hydrogen-bond acceptors (Lipinski definition) is 3. The second-order valence-corrected chi connectivity index (χ2v) is 6.35. The lowest BCUT2D eigenvalue weighted by Crippen LogP contribution is -2.31. The van der Waals surface area contributed by atoms with E-state index in [0.717, 1.165) is 21.2 Å². The number of anilines is 1. The molecule has 1 amide bonds. The number of rotatable bonds is 5. The molecule has 1 aromatic heterocycles. The van der Waals surface area contributed by atoms with Crippen LogP contribution in [0.4, 0.5) is 5.82 Å². The van der Waals surface area contributed by atoms with E-state index in [4.69, 9.17) is 11.6 Å². The maximum Gasteiger partial charge on any atom is 0.222 e. The third-order valence-corrected chi connectivity index (χ3v) is 3.71. The predicted octanol–water partition coefficient (Wildman–Crippen LogP) is 3.83. The van der Waals surface area contributed by atoms with E-state index in [2.05, 4.69) is 31.5 Å². The standard InChI is InChI=1S/C15H17BrClN3O/c1-9(2)15(21)19-6-5-18-13-4-3-10-7-11(16)8-12(17)14(10)20-13/h3-4,7-9H,5-6H2,1-2H3,(H,18,20)(H,19,21). The fraction of sp³-hybridized carbons (Fsp3) is 0.333. The van der Waals surface area contributed by atoms with Crippen LogP contribution in [0.2, 0.25) is 5.02 Å². The normalized spacial score (nSPS) is 10.9. The summed E-state index contributed by atoms with van der Waals surface area (Å²) in [4.78, 5) is 15.9. The minimum Gasteiger partial charge on any atom is -0.368 e. The maximum absolute atomic E-state index is 11.4. The minimum atomic E-state index is 0.000970. The first-order valence-electron chi connectivity index (χ1n) is 6.75. The number of pyridine rings is 1. The molecule has 0 unspecified atom stereocenters. The van der Waals surface area contributed by atoms with Crippen molar-refractivity contribution in [2.24, 2.45) is 5.92 Å². The molecule has 112 valence electrons. The van der Waals surface area contributed by atoms with Gasteiger partial charge in [0, 0.05) is 28.9 Å². The molecule has 2 aromatic rings. The Morgan fingerprint density at radius 3 is 2.81 bits per heavy atom. The molecule has 4 nitrogen and oxygen atoms in total. The van der Waals surface area contributed by atoms with E-state index in [1.54, 1.807) is 0 Å². The molecular weight excluding hydrogens is 354 g/mol. The van der Waals surface area contributed by atoms with Gasteiger partial charge >= 0.3 is 0 Å². The van der Waals surface area contributed by atoms with E-state index < -0.39 is 0 Å². The molecule has 0 atom stereocenters. The summed E-state index contributed by atoms with van der Waals surface area (Å²) in [5, 5.41) is 7.61. The molecule has 0 aliphatic carbocycles. The number of carbonyl (C=O) groups excluding carboxylic acids is 1. The number of nitrogens with zero attached hydrogens (tertiary/aromatic N) is 1. The molecule has 2 N–H and O–H groups in total. The Balaban J connectivity index is 1.99. The average Bonchev–Trinajstić information content (AvgIpc) is 2.43. The van der Waals surface area contributed by atoms with E-state index in [1.165, 1.54) is 0 Å². The highest BCUT2D eigenvalue weighted by molar-refractivity contribution is 9.10. The van der Waals surface area contributed by atoms with Crippen LogP contribution in [0.3, 0.4) is 0 Å². The van der Waals surface area contributed by atoms with Gasteiger partial charge in [-0.25, -0.2) is 4.98 Å². The summed E-state index contributed by atoms with van der Waals surface area (Å²) in [7, 11) is 0. The zero-order chi connectivity index (χ0) is 15.4. The number of carbonyl (C=O) groups is 1. The van der Waals surface area contributed by atoms with Crippen molar-refractivity contribution >= 4 is 50.2 Å². The summed E-state index contributed by atoms with van der Waals surface area (Å²) in [6.45, 7) is 4.91. The highest BCUT2D eigenvalue weighted by Crippen LogP contribution is 2.27. The average molecular weight is 371 g/mol. The smallest absolute Gasteiger partial charge is 0.222 e. The van der Waals surface area contributed by atoms with Gasteiger partial charge in [-0.15, -0.1) is 0 Å². The van der Waals surface area contributed by atoms with Crippen molar-refractivity contribution in [1.29, 1.82) is 0 Å². The van der Waals surface area contributed by atoms with E-state index in [9.17, 15) is 4.79 Å². The first-order valence-corrected chi connectivity index (χ1v) is 7.92. The highest BCUT2D eigenvalue weighted by Gasteiger charge is 2.06. The van der Waals surface area contributed by atoms with Gasteiger partial charge in [-0.3, -0.25) is 4.79 Å². The van der Waals surface area contributed by atoms with Crippen LogP contribution in [-0.2, 0) is 4.79 Å². The van der Waals surface area contributed by atoms with Gasteiger partial charge in [0.1, 0.15) is 5.82 Å². The van der Waals surface area contributed by atoms with Crippen LogP contribution < -0.4 is 10.6 Å². The number of halogens is 2. The SMILES string of the molecule is CC(C)C(=O)NCCNc1ccc2cc(Br)cc(Cl)c2n1. The molecule has 21 heavy (non-hydrogen) atoms. The molecule has 1 aromatic carbocycles. The van der Waals surface area contributed by atoms with E-state index in [0.29, 0.717) is 18.1 Å². The van der Waals surface area contributed by atoms with Crippen molar-refractivity contribution in [3.63, 3.8) is 0 Å². The van der Waals surface area contributed by atoms with E-state index in [1.807, 2.05) is 38.1 Å². The van der Waals surface area contributed by atoms with Crippen molar-refractivity contribution in [2.75, 3.05) is 18.4 Å². The van der Waals surface area contributed by atoms with Crippen LogP contribution in [-0.4, -0.2) is 24.0 Å². The van der Waals surface area contributed by atoms with Gasteiger partial charge in [0.25, 0.3) is 0 Å².